The third kappa shape index (κ3) is 3.26. The molecule has 1 fully saturated rings. The van der Waals surface area contributed by atoms with Gasteiger partial charge >= 0.3 is 0 Å². The van der Waals surface area contributed by atoms with Crippen LogP contribution < -0.4 is 0 Å². The zero-order valence-corrected chi connectivity index (χ0v) is 13.0. The number of rotatable bonds is 3. The molecule has 0 aliphatic carbocycles. The molecule has 114 valence electrons. The van der Waals surface area contributed by atoms with Gasteiger partial charge in [-0.25, -0.2) is 0 Å². The molecule has 0 bridgehead atoms. The molecule has 1 aromatic carbocycles. The maximum atomic E-state index is 9.40. The van der Waals surface area contributed by atoms with E-state index >= 15 is 0 Å². The van der Waals surface area contributed by atoms with Crippen molar-refractivity contribution in [2.24, 2.45) is 0 Å². The Labute approximate surface area is 131 Å². The van der Waals surface area contributed by atoms with Crippen LogP contribution in [0.15, 0.2) is 54.4 Å². The minimum absolute atomic E-state index is 0.0288. The molecule has 3 heteroatoms. The first kappa shape index (κ1) is 14.9. The molecule has 3 nitrogen and oxygen atoms in total. The molecule has 2 heterocycles. The van der Waals surface area contributed by atoms with Crippen LogP contribution in [0.4, 0.5) is 0 Å². The van der Waals surface area contributed by atoms with Crippen LogP contribution in [0.3, 0.4) is 0 Å². The third-order valence-corrected chi connectivity index (χ3v) is 4.27. The van der Waals surface area contributed by atoms with Crippen LogP contribution in [0.25, 0.3) is 5.57 Å². The molecule has 0 atom stereocenters. The Kier molecular flexibility index (Phi) is 4.66. The van der Waals surface area contributed by atoms with E-state index in [2.05, 4.69) is 47.3 Å². The summed E-state index contributed by atoms with van der Waals surface area (Å²) in [6.45, 7) is 2.22. The first-order valence-electron chi connectivity index (χ1n) is 7.79. The first-order valence-corrected chi connectivity index (χ1v) is 7.79. The highest BCUT2D eigenvalue weighted by Crippen LogP contribution is 2.32. The highest BCUT2D eigenvalue weighted by atomic mass is 16.3. The number of aromatic nitrogens is 1. The van der Waals surface area contributed by atoms with Gasteiger partial charge < -0.3 is 10.0 Å². The molecule has 0 spiro atoms. The number of aliphatic hydroxyl groups is 1. The molecular formula is C19H22N2O. The maximum Gasteiger partial charge on any atom is 0.0697 e. The van der Waals surface area contributed by atoms with Crippen molar-refractivity contribution in [1.82, 2.24) is 9.88 Å². The minimum atomic E-state index is 0.0288. The molecule has 0 radical (unpaired) electrons. The number of hydrogen-bond donors (Lipinski definition) is 1. The zero-order valence-electron chi connectivity index (χ0n) is 13.0. The van der Waals surface area contributed by atoms with E-state index in [-0.39, 0.29) is 6.61 Å². The summed E-state index contributed by atoms with van der Waals surface area (Å²) in [5, 5.41) is 9.40. The topological polar surface area (TPSA) is 36.4 Å². The summed E-state index contributed by atoms with van der Waals surface area (Å²) >= 11 is 0. The average molecular weight is 294 g/mol. The SMILES string of the molecule is CN1CCC(=C(c2ccccc2)c2cncc(CO)c2)CC1. The summed E-state index contributed by atoms with van der Waals surface area (Å²) in [6, 6.07) is 12.6. The Morgan fingerprint density at radius 1 is 1.09 bits per heavy atom. The predicted molar refractivity (Wildman–Crippen MR) is 89.4 cm³/mol. The summed E-state index contributed by atoms with van der Waals surface area (Å²) in [5.74, 6) is 0. The van der Waals surface area contributed by atoms with E-state index in [4.69, 9.17) is 0 Å². The summed E-state index contributed by atoms with van der Waals surface area (Å²) < 4.78 is 0. The van der Waals surface area contributed by atoms with Crippen LogP contribution in [0.1, 0.15) is 29.5 Å². The molecule has 0 saturated carbocycles. The highest BCUT2D eigenvalue weighted by molar-refractivity contribution is 5.82. The van der Waals surface area contributed by atoms with Crippen LogP contribution in [-0.2, 0) is 6.61 Å². The van der Waals surface area contributed by atoms with Gasteiger partial charge in [-0.15, -0.1) is 0 Å². The Morgan fingerprint density at radius 2 is 1.82 bits per heavy atom. The standard InChI is InChI=1S/C19H22N2O/c1-21-9-7-17(8-10-21)19(16-5-3-2-4-6-16)18-11-15(14-22)12-20-13-18/h2-6,11-13,22H,7-10,14H2,1H3. The van der Waals surface area contributed by atoms with Crippen molar-refractivity contribution in [3.05, 3.63) is 71.1 Å². The van der Waals surface area contributed by atoms with Crippen LogP contribution in [-0.4, -0.2) is 35.1 Å². The molecule has 0 amide bonds. The lowest BCUT2D eigenvalue weighted by atomic mass is 9.89. The van der Waals surface area contributed by atoms with E-state index < -0.39 is 0 Å². The van der Waals surface area contributed by atoms with Crippen molar-refractivity contribution in [3.8, 4) is 0 Å². The molecule has 1 aromatic heterocycles. The lowest BCUT2D eigenvalue weighted by molar-refractivity contribution is 0.281. The third-order valence-electron chi connectivity index (χ3n) is 4.27. The summed E-state index contributed by atoms with van der Waals surface area (Å²) in [4.78, 5) is 6.68. The molecule has 1 saturated heterocycles. The van der Waals surface area contributed by atoms with Crippen LogP contribution in [0.2, 0.25) is 0 Å². The smallest absolute Gasteiger partial charge is 0.0697 e. The fraction of sp³-hybridized carbons (Fsp3) is 0.316. The van der Waals surface area contributed by atoms with Gasteiger partial charge in [0.1, 0.15) is 0 Å². The number of likely N-dealkylation sites (tertiary alicyclic amines) is 1. The predicted octanol–water partition coefficient (Wildman–Crippen LogP) is 3.10. The van der Waals surface area contributed by atoms with E-state index in [1.54, 1.807) is 6.20 Å². The van der Waals surface area contributed by atoms with Crippen molar-refractivity contribution in [2.45, 2.75) is 19.4 Å². The Morgan fingerprint density at radius 3 is 2.50 bits per heavy atom. The fourth-order valence-electron chi connectivity index (χ4n) is 3.03. The maximum absolute atomic E-state index is 9.40. The second-order valence-electron chi connectivity index (χ2n) is 5.89. The van der Waals surface area contributed by atoms with E-state index in [9.17, 15) is 5.11 Å². The highest BCUT2D eigenvalue weighted by Gasteiger charge is 2.17. The molecule has 0 unspecified atom stereocenters. The Hall–Kier alpha value is -1.97. The molecule has 2 aromatic rings. The molecular weight excluding hydrogens is 272 g/mol. The number of benzene rings is 1. The van der Waals surface area contributed by atoms with Crippen LogP contribution in [0, 0.1) is 0 Å². The number of pyridine rings is 1. The van der Waals surface area contributed by atoms with Crippen molar-refractivity contribution < 1.29 is 5.11 Å². The van der Waals surface area contributed by atoms with E-state index in [0.717, 1.165) is 37.1 Å². The van der Waals surface area contributed by atoms with Gasteiger partial charge in [0.15, 0.2) is 0 Å². The molecule has 22 heavy (non-hydrogen) atoms. The molecule has 1 aliphatic heterocycles. The second kappa shape index (κ2) is 6.86. The zero-order chi connectivity index (χ0) is 15.4. The Bertz CT molecular complexity index is 654. The van der Waals surface area contributed by atoms with Crippen LogP contribution in [0.5, 0.6) is 0 Å². The summed E-state index contributed by atoms with van der Waals surface area (Å²) in [5.41, 5.74) is 5.98. The van der Waals surface area contributed by atoms with Gasteiger partial charge in [-0.3, -0.25) is 4.98 Å². The van der Waals surface area contributed by atoms with Crippen molar-refractivity contribution in [1.29, 1.82) is 0 Å². The largest absolute Gasteiger partial charge is 0.392 e. The van der Waals surface area contributed by atoms with Crippen molar-refractivity contribution in [3.63, 3.8) is 0 Å². The fourth-order valence-corrected chi connectivity index (χ4v) is 3.03. The molecule has 1 N–H and O–H groups in total. The number of nitrogens with zero attached hydrogens (tertiary/aromatic N) is 2. The normalized spacial score (nSPS) is 15.8. The van der Waals surface area contributed by atoms with Crippen molar-refractivity contribution in [2.75, 3.05) is 20.1 Å². The number of piperidine rings is 1. The summed E-state index contributed by atoms with van der Waals surface area (Å²) in [7, 11) is 2.17. The Balaban J connectivity index is 2.09. The van der Waals surface area contributed by atoms with Gasteiger partial charge in [0.05, 0.1) is 6.61 Å². The lowest BCUT2D eigenvalue weighted by Gasteiger charge is -2.27. The monoisotopic (exact) mass is 294 g/mol. The van der Waals surface area contributed by atoms with Crippen LogP contribution >= 0.6 is 0 Å². The number of aliphatic hydroxyl groups excluding tert-OH is 1. The van der Waals surface area contributed by atoms with Gasteiger partial charge in [-0.05, 0) is 42.7 Å². The van der Waals surface area contributed by atoms with Gasteiger partial charge in [-0.1, -0.05) is 35.9 Å². The van der Waals surface area contributed by atoms with Gasteiger partial charge in [0.25, 0.3) is 0 Å². The lowest BCUT2D eigenvalue weighted by Crippen LogP contribution is -2.26. The average Bonchev–Trinajstić information content (AvgIpc) is 2.58. The first-order chi connectivity index (χ1) is 10.8. The van der Waals surface area contributed by atoms with E-state index in [1.807, 2.05) is 12.3 Å². The van der Waals surface area contributed by atoms with Gasteiger partial charge in [0.2, 0.25) is 0 Å². The number of hydrogen-bond acceptors (Lipinski definition) is 3. The molecule has 1 aliphatic rings. The van der Waals surface area contributed by atoms with E-state index in [0.29, 0.717) is 0 Å². The van der Waals surface area contributed by atoms with Crippen molar-refractivity contribution >= 4 is 5.57 Å². The van der Waals surface area contributed by atoms with E-state index in [1.165, 1.54) is 16.7 Å². The quantitative estimate of drug-likeness (QED) is 0.945. The van der Waals surface area contributed by atoms with Gasteiger partial charge in [-0.2, -0.15) is 0 Å². The minimum Gasteiger partial charge on any atom is -0.392 e. The summed E-state index contributed by atoms with van der Waals surface area (Å²) in [6.07, 6.45) is 5.81. The van der Waals surface area contributed by atoms with Gasteiger partial charge in [0, 0.05) is 31.0 Å². The second-order valence-corrected chi connectivity index (χ2v) is 5.89. The molecule has 3 rings (SSSR count).